The maximum atomic E-state index is 11.7. The number of hydrogen-bond acceptors (Lipinski definition) is 4. The zero-order chi connectivity index (χ0) is 11.6. The van der Waals surface area contributed by atoms with Gasteiger partial charge in [0.25, 0.3) is 5.91 Å². The summed E-state index contributed by atoms with van der Waals surface area (Å²) in [6.45, 7) is 0.432. The monoisotopic (exact) mass is 221 g/mol. The van der Waals surface area contributed by atoms with Gasteiger partial charge in [0.2, 0.25) is 0 Å². The molecular weight excluding hydrogens is 206 g/mol. The molecule has 0 bridgehead atoms. The number of amides is 1. The lowest BCUT2D eigenvalue weighted by molar-refractivity contribution is 0.0922. The zero-order valence-corrected chi connectivity index (χ0v) is 8.94. The Bertz CT molecular complexity index is 402. The second kappa shape index (κ2) is 4.09. The van der Waals surface area contributed by atoms with Crippen LogP contribution in [0.25, 0.3) is 0 Å². The number of aromatic hydroxyl groups is 1. The average Bonchev–Trinajstić information content (AvgIpc) is 2.24. The Balaban J connectivity index is 1.96. The number of pyridine rings is 1. The zero-order valence-electron chi connectivity index (χ0n) is 8.94. The summed E-state index contributed by atoms with van der Waals surface area (Å²) in [5.74, 6) is -0.491. The highest BCUT2D eigenvalue weighted by atomic mass is 16.3. The van der Waals surface area contributed by atoms with Crippen molar-refractivity contribution in [1.29, 1.82) is 0 Å². The van der Waals surface area contributed by atoms with Crippen LogP contribution in [0.2, 0.25) is 0 Å². The van der Waals surface area contributed by atoms with Crippen LogP contribution in [0.5, 0.6) is 5.75 Å². The van der Waals surface area contributed by atoms with Gasteiger partial charge in [0.1, 0.15) is 5.75 Å². The summed E-state index contributed by atoms with van der Waals surface area (Å²) >= 11 is 0. The predicted octanol–water partition coefficient (Wildman–Crippen LogP) is 0.398. The van der Waals surface area contributed by atoms with Crippen molar-refractivity contribution in [2.45, 2.75) is 24.8 Å². The van der Waals surface area contributed by atoms with E-state index in [9.17, 15) is 9.90 Å². The summed E-state index contributed by atoms with van der Waals surface area (Å²) in [6, 6.07) is 3.01. The molecule has 5 heteroatoms. The molecule has 1 aromatic rings. The van der Waals surface area contributed by atoms with E-state index in [1.807, 2.05) is 0 Å². The van der Waals surface area contributed by atoms with Crippen LogP contribution >= 0.6 is 0 Å². The number of carbonyl (C=O) groups excluding carboxylic acids is 1. The smallest absolute Gasteiger partial charge is 0.273 e. The van der Waals surface area contributed by atoms with Gasteiger partial charge in [0.05, 0.1) is 0 Å². The molecule has 0 saturated heterocycles. The molecular formula is C11H15N3O2. The predicted molar refractivity (Wildman–Crippen MR) is 59.0 cm³/mol. The maximum Gasteiger partial charge on any atom is 0.273 e. The molecule has 2 rings (SSSR count). The summed E-state index contributed by atoms with van der Waals surface area (Å²) in [4.78, 5) is 15.5. The number of aromatic nitrogens is 1. The topological polar surface area (TPSA) is 88.2 Å². The third-order valence-electron chi connectivity index (χ3n) is 2.95. The number of rotatable bonds is 3. The van der Waals surface area contributed by atoms with Crippen LogP contribution in [-0.2, 0) is 0 Å². The van der Waals surface area contributed by atoms with E-state index in [-0.39, 0.29) is 22.9 Å². The molecule has 86 valence electrons. The minimum absolute atomic E-state index is 0.0467. The third-order valence-corrected chi connectivity index (χ3v) is 2.95. The van der Waals surface area contributed by atoms with E-state index in [0.717, 1.165) is 19.3 Å². The molecule has 1 saturated carbocycles. The molecule has 0 aliphatic heterocycles. The van der Waals surface area contributed by atoms with Crippen molar-refractivity contribution in [3.05, 3.63) is 24.0 Å². The quantitative estimate of drug-likeness (QED) is 0.689. The van der Waals surface area contributed by atoms with Crippen LogP contribution < -0.4 is 11.1 Å². The van der Waals surface area contributed by atoms with Crippen LogP contribution in [0.1, 0.15) is 29.8 Å². The van der Waals surface area contributed by atoms with E-state index in [2.05, 4.69) is 10.3 Å². The normalized spacial score (nSPS) is 17.6. The number of carbonyl (C=O) groups is 1. The molecule has 1 aromatic heterocycles. The van der Waals surface area contributed by atoms with E-state index >= 15 is 0 Å². The van der Waals surface area contributed by atoms with Gasteiger partial charge < -0.3 is 16.2 Å². The molecule has 0 radical (unpaired) electrons. The van der Waals surface area contributed by atoms with Crippen molar-refractivity contribution >= 4 is 5.91 Å². The Morgan fingerprint density at radius 3 is 2.94 bits per heavy atom. The molecule has 1 aliphatic carbocycles. The van der Waals surface area contributed by atoms with E-state index in [1.165, 1.54) is 12.3 Å². The largest absolute Gasteiger partial charge is 0.505 e. The lowest BCUT2D eigenvalue weighted by Crippen LogP contribution is -2.55. The van der Waals surface area contributed by atoms with E-state index in [1.54, 1.807) is 6.07 Å². The molecule has 1 amide bonds. The molecule has 1 aliphatic rings. The summed E-state index contributed by atoms with van der Waals surface area (Å²) in [5, 5.41) is 12.1. The average molecular weight is 221 g/mol. The summed E-state index contributed by atoms with van der Waals surface area (Å²) < 4.78 is 0. The Hall–Kier alpha value is -1.62. The van der Waals surface area contributed by atoms with Gasteiger partial charge in [-0.25, -0.2) is 4.98 Å². The minimum atomic E-state index is -0.380. The summed E-state index contributed by atoms with van der Waals surface area (Å²) in [6.07, 6.45) is 4.44. The Morgan fingerprint density at radius 1 is 1.62 bits per heavy atom. The number of hydrogen-bond donors (Lipinski definition) is 3. The van der Waals surface area contributed by atoms with Crippen LogP contribution in [-0.4, -0.2) is 28.1 Å². The SMILES string of the molecule is NC1(CNC(=O)c2ncccc2O)CCC1. The third kappa shape index (κ3) is 2.14. The van der Waals surface area contributed by atoms with E-state index in [4.69, 9.17) is 5.73 Å². The van der Waals surface area contributed by atoms with Gasteiger partial charge >= 0.3 is 0 Å². The van der Waals surface area contributed by atoms with Crippen LogP contribution in [0.4, 0.5) is 0 Å². The van der Waals surface area contributed by atoms with Crippen molar-refractivity contribution in [2.24, 2.45) is 5.73 Å². The fourth-order valence-electron chi connectivity index (χ4n) is 1.72. The highest BCUT2D eigenvalue weighted by molar-refractivity contribution is 5.94. The van der Waals surface area contributed by atoms with Crippen molar-refractivity contribution in [1.82, 2.24) is 10.3 Å². The van der Waals surface area contributed by atoms with Crippen LogP contribution in [0.3, 0.4) is 0 Å². The first-order valence-corrected chi connectivity index (χ1v) is 5.32. The molecule has 0 aromatic carbocycles. The number of nitrogens with zero attached hydrogens (tertiary/aromatic N) is 1. The fraction of sp³-hybridized carbons (Fsp3) is 0.455. The van der Waals surface area contributed by atoms with E-state index in [0.29, 0.717) is 6.54 Å². The second-order valence-corrected chi connectivity index (χ2v) is 4.27. The lowest BCUT2D eigenvalue weighted by Gasteiger charge is -2.38. The van der Waals surface area contributed by atoms with Crippen molar-refractivity contribution in [3.63, 3.8) is 0 Å². The molecule has 0 atom stereocenters. The molecule has 1 fully saturated rings. The maximum absolute atomic E-state index is 11.7. The molecule has 4 N–H and O–H groups in total. The van der Waals surface area contributed by atoms with Gasteiger partial charge in [0.15, 0.2) is 5.69 Å². The molecule has 16 heavy (non-hydrogen) atoms. The number of nitrogens with one attached hydrogen (secondary N) is 1. The first-order valence-electron chi connectivity index (χ1n) is 5.32. The molecule has 0 spiro atoms. The highest BCUT2D eigenvalue weighted by Crippen LogP contribution is 2.28. The molecule has 1 heterocycles. The standard InChI is InChI=1S/C11H15N3O2/c12-11(4-2-5-11)7-14-10(16)9-8(15)3-1-6-13-9/h1,3,6,15H,2,4-5,7,12H2,(H,14,16). The van der Waals surface area contributed by atoms with E-state index < -0.39 is 0 Å². The van der Waals surface area contributed by atoms with Gasteiger partial charge in [-0.05, 0) is 31.4 Å². The Morgan fingerprint density at radius 2 is 2.38 bits per heavy atom. The van der Waals surface area contributed by atoms with Crippen molar-refractivity contribution < 1.29 is 9.90 Å². The lowest BCUT2D eigenvalue weighted by atomic mass is 9.78. The van der Waals surface area contributed by atoms with Gasteiger partial charge in [-0.15, -0.1) is 0 Å². The molecule has 5 nitrogen and oxygen atoms in total. The van der Waals surface area contributed by atoms with Gasteiger partial charge in [-0.2, -0.15) is 0 Å². The van der Waals surface area contributed by atoms with Crippen LogP contribution in [0.15, 0.2) is 18.3 Å². The van der Waals surface area contributed by atoms with Gasteiger partial charge in [0, 0.05) is 18.3 Å². The summed E-state index contributed by atoms with van der Waals surface area (Å²) in [5.41, 5.74) is 5.75. The first kappa shape index (κ1) is 10.9. The van der Waals surface area contributed by atoms with Crippen molar-refractivity contribution in [2.75, 3.05) is 6.54 Å². The second-order valence-electron chi connectivity index (χ2n) is 4.27. The fourth-order valence-corrected chi connectivity index (χ4v) is 1.72. The van der Waals surface area contributed by atoms with Gasteiger partial charge in [-0.3, -0.25) is 4.79 Å². The minimum Gasteiger partial charge on any atom is -0.505 e. The summed E-state index contributed by atoms with van der Waals surface area (Å²) in [7, 11) is 0. The highest BCUT2D eigenvalue weighted by Gasteiger charge is 2.32. The van der Waals surface area contributed by atoms with Gasteiger partial charge in [-0.1, -0.05) is 0 Å². The number of nitrogens with two attached hydrogens (primary N) is 1. The van der Waals surface area contributed by atoms with Crippen molar-refractivity contribution in [3.8, 4) is 5.75 Å². The first-order chi connectivity index (χ1) is 7.61. The Labute approximate surface area is 93.7 Å². The van der Waals surface area contributed by atoms with Crippen LogP contribution in [0, 0.1) is 0 Å². The Kier molecular flexibility index (Phi) is 2.78. The molecule has 0 unspecified atom stereocenters.